The fraction of sp³-hybridized carbons (Fsp3) is 0.150. The lowest BCUT2D eigenvalue weighted by Crippen LogP contribution is -1.94. The molecule has 0 bridgehead atoms. The Morgan fingerprint density at radius 3 is 2.52 bits per heavy atom. The van der Waals surface area contributed by atoms with E-state index in [1.165, 1.54) is 33.3 Å². The van der Waals surface area contributed by atoms with Crippen LogP contribution in [0.1, 0.15) is 28.8 Å². The van der Waals surface area contributed by atoms with Gasteiger partial charge in [-0.2, -0.15) is 0 Å². The zero-order chi connectivity index (χ0) is 14.2. The predicted molar refractivity (Wildman–Crippen MR) is 89.1 cm³/mol. The third-order valence-electron chi connectivity index (χ3n) is 4.37. The van der Waals surface area contributed by atoms with Crippen LogP contribution in [0.5, 0.6) is 0 Å². The second kappa shape index (κ2) is 4.85. The second-order valence-corrected chi connectivity index (χ2v) is 5.66. The van der Waals surface area contributed by atoms with Crippen LogP contribution in [0.2, 0.25) is 0 Å². The van der Waals surface area contributed by atoms with Crippen molar-refractivity contribution >= 4 is 22.6 Å². The van der Waals surface area contributed by atoms with Crippen LogP contribution in [0.4, 0.5) is 0 Å². The van der Waals surface area contributed by atoms with Gasteiger partial charge in [0.1, 0.15) is 0 Å². The highest BCUT2D eigenvalue weighted by atomic mass is 14.7. The smallest absolute Gasteiger partial charge is 0.0712 e. The lowest BCUT2D eigenvalue weighted by Gasteiger charge is -2.08. The summed E-state index contributed by atoms with van der Waals surface area (Å²) < 4.78 is 0. The Morgan fingerprint density at radius 2 is 1.67 bits per heavy atom. The van der Waals surface area contributed by atoms with Crippen LogP contribution < -0.4 is 0 Å². The van der Waals surface area contributed by atoms with Crippen LogP contribution in [-0.2, 0) is 6.42 Å². The molecule has 1 aliphatic rings. The number of pyridine rings is 1. The van der Waals surface area contributed by atoms with Crippen LogP contribution in [0.3, 0.4) is 0 Å². The van der Waals surface area contributed by atoms with Gasteiger partial charge >= 0.3 is 0 Å². The summed E-state index contributed by atoms with van der Waals surface area (Å²) in [6.07, 6.45) is 4.49. The monoisotopic (exact) mass is 271 g/mol. The minimum Gasteiger partial charge on any atom is -0.248 e. The molecule has 21 heavy (non-hydrogen) atoms. The van der Waals surface area contributed by atoms with Gasteiger partial charge in [-0.25, -0.2) is 4.98 Å². The fourth-order valence-corrected chi connectivity index (χ4v) is 3.26. The molecule has 0 aliphatic heterocycles. The molecule has 1 nitrogen and oxygen atoms in total. The number of hydrogen-bond acceptors (Lipinski definition) is 1. The SMILES string of the molecule is Cc1c2c(nc3ccccc13)C(=Cc1ccccc1)CC2. The van der Waals surface area contributed by atoms with Crippen LogP contribution in [0.15, 0.2) is 54.6 Å². The summed E-state index contributed by atoms with van der Waals surface area (Å²) in [4.78, 5) is 4.93. The summed E-state index contributed by atoms with van der Waals surface area (Å²) in [5.74, 6) is 0. The van der Waals surface area contributed by atoms with Crippen molar-refractivity contribution in [1.29, 1.82) is 0 Å². The molecule has 0 saturated heterocycles. The number of hydrogen-bond donors (Lipinski definition) is 0. The zero-order valence-corrected chi connectivity index (χ0v) is 12.1. The molecule has 4 rings (SSSR count). The van der Waals surface area contributed by atoms with E-state index in [0.717, 1.165) is 18.4 Å². The third-order valence-corrected chi connectivity index (χ3v) is 4.37. The molecule has 1 heterocycles. The molecule has 1 heteroatoms. The molecular weight excluding hydrogens is 254 g/mol. The minimum atomic E-state index is 1.09. The van der Waals surface area contributed by atoms with Crippen molar-refractivity contribution < 1.29 is 0 Å². The summed E-state index contributed by atoms with van der Waals surface area (Å²) >= 11 is 0. The van der Waals surface area contributed by atoms with Gasteiger partial charge in [0.15, 0.2) is 0 Å². The van der Waals surface area contributed by atoms with Crippen molar-refractivity contribution in [2.24, 2.45) is 0 Å². The lowest BCUT2D eigenvalue weighted by molar-refractivity contribution is 1.07. The van der Waals surface area contributed by atoms with E-state index in [1.54, 1.807) is 0 Å². The van der Waals surface area contributed by atoms with E-state index in [0.29, 0.717) is 0 Å². The van der Waals surface area contributed by atoms with Gasteiger partial charge in [0.2, 0.25) is 0 Å². The normalized spacial score (nSPS) is 15.6. The zero-order valence-electron chi connectivity index (χ0n) is 12.1. The highest BCUT2D eigenvalue weighted by Crippen LogP contribution is 2.36. The minimum absolute atomic E-state index is 1.09. The van der Waals surface area contributed by atoms with Gasteiger partial charge in [-0.1, -0.05) is 48.5 Å². The maximum absolute atomic E-state index is 4.93. The average Bonchev–Trinajstić information content (AvgIpc) is 2.92. The van der Waals surface area contributed by atoms with Crippen molar-refractivity contribution in [3.05, 3.63) is 77.0 Å². The standard InChI is InChI=1S/C20H17N/c1-14-17-9-5-6-10-19(17)21-20-16(11-12-18(14)20)13-15-7-3-2-4-8-15/h2-10,13H,11-12H2,1H3. The largest absolute Gasteiger partial charge is 0.248 e. The quantitative estimate of drug-likeness (QED) is 0.605. The van der Waals surface area contributed by atoms with Gasteiger partial charge in [-0.05, 0) is 54.2 Å². The molecule has 1 aromatic heterocycles. The molecule has 102 valence electrons. The van der Waals surface area contributed by atoms with Crippen molar-refractivity contribution in [2.75, 3.05) is 0 Å². The number of nitrogens with zero attached hydrogens (tertiary/aromatic N) is 1. The van der Waals surface area contributed by atoms with E-state index < -0.39 is 0 Å². The highest BCUT2D eigenvalue weighted by Gasteiger charge is 2.21. The van der Waals surface area contributed by atoms with Gasteiger partial charge in [0.25, 0.3) is 0 Å². The maximum Gasteiger partial charge on any atom is 0.0712 e. The van der Waals surface area contributed by atoms with Gasteiger partial charge in [0.05, 0.1) is 11.2 Å². The number of aromatic nitrogens is 1. The first kappa shape index (κ1) is 12.3. The van der Waals surface area contributed by atoms with Crippen molar-refractivity contribution in [3.63, 3.8) is 0 Å². The molecule has 0 fully saturated rings. The van der Waals surface area contributed by atoms with Crippen molar-refractivity contribution in [2.45, 2.75) is 19.8 Å². The molecule has 0 spiro atoms. The predicted octanol–water partition coefficient (Wildman–Crippen LogP) is 5.03. The first-order valence-corrected chi connectivity index (χ1v) is 7.47. The average molecular weight is 271 g/mol. The number of para-hydroxylation sites is 1. The Morgan fingerprint density at radius 1 is 0.905 bits per heavy atom. The fourth-order valence-electron chi connectivity index (χ4n) is 3.26. The summed E-state index contributed by atoms with van der Waals surface area (Å²) in [7, 11) is 0. The summed E-state index contributed by atoms with van der Waals surface area (Å²) in [6.45, 7) is 2.23. The number of rotatable bonds is 1. The number of fused-ring (bicyclic) bond motifs is 2. The number of allylic oxidation sites excluding steroid dienone is 1. The van der Waals surface area contributed by atoms with Gasteiger partial charge in [-0.3, -0.25) is 0 Å². The Hall–Kier alpha value is -2.41. The van der Waals surface area contributed by atoms with E-state index >= 15 is 0 Å². The Bertz CT molecular complexity index is 844. The summed E-state index contributed by atoms with van der Waals surface area (Å²) in [5, 5.41) is 1.29. The molecule has 0 unspecified atom stereocenters. The van der Waals surface area contributed by atoms with Crippen LogP contribution in [0.25, 0.3) is 22.6 Å². The first-order valence-electron chi connectivity index (χ1n) is 7.47. The molecule has 0 radical (unpaired) electrons. The van der Waals surface area contributed by atoms with Crippen LogP contribution >= 0.6 is 0 Å². The van der Waals surface area contributed by atoms with Gasteiger partial charge < -0.3 is 0 Å². The van der Waals surface area contributed by atoms with E-state index in [1.807, 2.05) is 0 Å². The molecular formula is C20H17N. The molecule has 1 aliphatic carbocycles. The maximum atomic E-state index is 4.93. The highest BCUT2D eigenvalue weighted by molar-refractivity contribution is 5.91. The van der Waals surface area contributed by atoms with Crippen LogP contribution in [-0.4, -0.2) is 4.98 Å². The van der Waals surface area contributed by atoms with E-state index in [9.17, 15) is 0 Å². The van der Waals surface area contributed by atoms with Gasteiger partial charge in [-0.15, -0.1) is 0 Å². The summed E-state index contributed by atoms with van der Waals surface area (Å²) in [6, 6.07) is 19.0. The third kappa shape index (κ3) is 2.06. The molecule has 2 aromatic carbocycles. The van der Waals surface area contributed by atoms with E-state index in [2.05, 4.69) is 67.6 Å². The van der Waals surface area contributed by atoms with Crippen molar-refractivity contribution in [3.8, 4) is 0 Å². The molecule has 0 amide bonds. The first-order chi connectivity index (χ1) is 10.3. The Balaban J connectivity index is 1.91. The molecule has 3 aromatic rings. The molecule has 0 saturated carbocycles. The lowest BCUT2D eigenvalue weighted by atomic mass is 10.0. The second-order valence-electron chi connectivity index (χ2n) is 5.66. The Kier molecular flexibility index (Phi) is 2.85. The topological polar surface area (TPSA) is 12.9 Å². The molecule has 0 N–H and O–H groups in total. The number of aryl methyl sites for hydroxylation is 1. The van der Waals surface area contributed by atoms with Gasteiger partial charge in [0, 0.05) is 5.39 Å². The van der Waals surface area contributed by atoms with Crippen LogP contribution in [0, 0.1) is 6.92 Å². The molecule has 0 atom stereocenters. The summed E-state index contributed by atoms with van der Waals surface area (Å²) in [5.41, 5.74) is 7.76. The van der Waals surface area contributed by atoms with Crippen molar-refractivity contribution in [1.82, 2.24) is 4.98 Å². The van der Waals surface area contributed by atoms with E-state index in [-0.39, 0.29) is 0 Å². The van der Waals surface area contributed by atoms with E-state index in [4.69, 9.17) is 4.98 Å². The Labute approximate surface area is 125 Å². The number of benzene rings is 2.